The number of fused-ring (bicyclic) bond motifs is 2. The van der Waals surface area contributed by atoms with Crippen molar-refractivity contribution in [3.05, 3.63) is 34.2 Å². The van der Waals surface area contributed by atoms with Crippen LogP contribution in [0.1, 0.15) is 44.1 Å². The van der Waals surface area contributed by atoms with Crippen LogP contribution in [-0.2, 0) is 20.9 Å². The number of amides is 1. The molecule has 8 unspecified atom stereocenters. The first-order chi connectivity index (χ1) is 20.5. The van der Waals surface area contributed by atoms with E-state index in [9.17, 15) is 9.59 Å². The Balaban J connectivity index is 1.10. The number of carbonyl (C=O) groups excluding carboxylic acids is 2. The molecule has 0 radical (unpaired) electrons. The first-order valence-corrected chi connectivity index (χ1v) is 17.3. The van der Waals surface area contributed by atoms with E-state index in [2.05, 4.69) is 41.7 Å². The Hall–Kier alpha value is -1.56. The number of Topliss-reactive ketones (excluding diaryl/α,β-unsaturated/α-hetero) is 1. The molecule has 5 heterocycles. The second-order valence-electron chi connectivity index (χ2n) is 13.1. The molecule has 42 heavy (non-hydrogen) atoms. The van der Waals surface area contributed by atoms with E-state index in [1.54, 1.807) is 11.3 Å². The van der Waals surface area contributed by atoms with Crippen LogP contribution in [0.15, 0.2) is 28.6 Å². The summed E-state index contributed by atoms with van der Waals surface area (Å²) in [6.45, 7) is 7.63. The summed E-state index contributed by atoms with van der Waals surface area (Å²) in [5.41, 5.74) is 1.50. The predicted molar refractivity (Wildman–Crippen MR) is 161 cm³/mol. The van der Waals surface area contributed by atoms with Crippen LogP contribution < -0.4 is 5.32 Å². The highest BCUT2D eigenvalue weighted by molar-refractivity contribution is 7.07. The zero-order valence-corrected chi connectivity index (χ0v) is 25.8. The van der Waals surface area contributed by atoms with Gasteiger partial charge in [0.15, 0.2) is 5.78 Å². The maximum absolute atomic E-state index is 16.3. The molecule has 1 aromatic rings. The first-order valence-electron chi connectivity index (χ1n) is 15.9. The number of halogens is 2. The van der Waals surface area contributed by atoms with Crippen molar-refractivity contribution in [2.75, 3.05) is 52.4 Å². The van der Waals surface area contributed by atoms with E-state index in [4.69, 9.17) is 16.3 Å². The van der Waals surface area contributed by atoms with Gasteiger partial charge in [-0.05, 0) is 74.0 Å². The molecule has 0 spiro atoms. The molecule has 1 aromatic heterocycles. The lowest BCUT2D eigenvalue weighted by Crippen LogP contribution is -2.74. The van der Waals surface area contributed by atoms with Crippen molar-refractivity contribution in [2.24, 2.45) is 5.92 Å². The number of ether oxygens (including phenoxy) is 1. The van der Waals surface area contributed by atoms with Gasteiger partial charge in [0, 0.05) is 63.3 Å². The van der Waals surface area contributed by atoms with Gasteiger partial charge in [-0.2, -0.15) is 11.3 Å². The van der Waals surface area contributed by atoms with Gasteiger partial charge < -0.3 is 19.9 Å². The number of hydrogen-bond donors (Lipinski definition) is 1. The van der Waals surface area contributed by atoms with Gasteiger partial charge in [0.25, 0.3) is 5.91 Å². The Bertz CT molecular complexity index is 1160. The van der Waals surface area contributed by atoms with Crippen molar-refractivity contribution in [1.82, 2.24) is 24.9 Å². The second-order valence-corrected chi connectivity index (χ2v) is 14.5. The van der Waals surface area contributed by atoms with Crippen LogP contribution in [0, 0.1) is 5.92 Å². The molecule has 2 aliphatic carbocycles. The number of likely N-dealkylation sites (tertiary alicyclic amines) is 1. The molecule has 3 saturated heterocycles. The number of carbonyl (C=O) groups is 2. The number of hydrogen-bond acceptors (Lipinski definition) is 8. The van der Waals surface area contributed by atoms with Crippen LogP contribution in [-0.4, -0.2) is 126 Å². The highest BCUT2D eigenvalue weighted by atomic mass is 35.5. The Morgan fingerprint density at radius 1 is 1.07 bits per heavy atom. The van der Waals surface area contributed by atoms with E-state index in [1.807, 2.05) is 6.20 Å². The quantitative estimate of drug-likeness (QED) is 0.372. The molecule has 6 aliphatic rings. The fraction of sp³-hybridized carbons (Fsp3) is 0.742. The third-order valence-corrected chi connectivity index (χ3v) is 11.7. The van der Waals surface area contributed by atoms with Crippen LogP contribution in [0.5, 0.6) is 0 Å². The van der Waals surface area contributed by atoms with Gasteiger partial charge in [-0.25, -0.2) is 4.39 Å². The molecular formula is C31H43ClFN5O3S. The Morgan fingerprint density at radius 3 is 2.64 bits per heavy atom. The van der Waals surface area contributed by atoms with Gasteiger partial charge in [-0.1, -0.05) is 0 Å². The van der Waals surface area contributed by atoms with E-state index in [0.29, 0.717) is 13.0 Å². The van der Waals surface area contributed by atoms with Crippen molar-refractivity contribution in [2.45, 2.75) is 87.0 Å². The van der Waals surface area contributed by atoms with Crippen molar-refractivity contribution in [1.29, 1.82) is 0 Å². The monoisotopic (exact) mass is 619 g/mol. The molecule has 0 bridgehead atoms. The van der Waals surface area contributed by atoms with Crippen molar-refractivity contribution in [3.8, 4) is 0 Å². The molecular weight excluding hydrogens is 577 g/mol. The van der Waals surface area contributed by atoms with Gasteiger partial charge in [0.05, 0.1) is 35.9 Å². The lowest BCUT2D eigenvalue weighted by atomic mass is 9.69. The number of thiophene rings is 1. The third kappa shape index (κ3) is 5.68. The van der Waals surface area contributed by atoms with E-state index >= 15 is 4.39 Å². The number of morpholine rings is 1. The first kappa shape index (κ1) is 29.2. The average Bonchev–Trinajstić information content (AvgIpc) is 3.70. The van der Waals surface area contributed by atoms with Crippen LogP contribution in [0.3, 0.4) is 0 Å². The van der Waals surface area contributed by atoms with Crippen molar-refractivity contribution < 1.29 is 18.7 Å². The highest BCUT2D eigenvalue weighted by Crippen LogP contribution is 2.47. The number of rotatable bonds is 7. The largest absolute Gasteiger partial charge is 0.369 e. The fourth-order valence-electron chi connectivity index (χ4n) is 8.42. The predicted octanol–water partition coefficient (Wildman–Crippen LogP) is 2.87. The summed E-state index contributed by atoms with van der Waals surface area (Å²) in [5, 5.41) is 7.31. The normalized spacial score (nSPS) is 37.7. The SMILES string of the molecule is O=C(NCCN1CCCC1)C1=CN2C3CCC(Cl)CC3OC3C(N4CCN(Cc5ccsc5)CC4)C(F)CC(C1=O)C32. The molecule has 7 rings (SSSR count). The zero-order chi connectivity index (χ0) is 28.8. The fourth-order valence-corrected chi connectivity index (χ4v) is 9.39. The minimum Gasteiger partial charge on any atom is -0.369 e. The Kier molecular flexibility index (Phi) is 8.64. The smallest absolute Gasteiger partial charge is 0.256 e. The highest BCUT2D eigenvalue weighted by Gasteiger charge is 2.60. The van der Waals surface area contributed by atoms with Crippen molar-refractivity contribution >= 4 is 34.6 Å². The van der Waals surface area contributed by atoms with E-state index in [1.165, 1.54) is 18.4 Å². The number of nitrogens with zero attached hydrogens (tertiary/aromatic N) is 4. The maximum Gasteiger partial charge on any atom is 0.256 e. The van der Waals surface area contributed by atoms with Crippen LogP contribution in [0.2, 0.25) is 0 Å². The average molecular weight is 620 g/mol. The molecule has 1 amide bonds. The number of ketones is 1. The summed E-state index contributed by atoms with van der Waals surface area (Å²) in [5.74, 6) is -1.14. The topological polar surface area (TPSA) is 68.4 Å². The summed E-state index contributed by atoms with van der Waals surface area (Å²) in [6.07, 6.45) is 4.97. The summed E-state index contributed by atoms with van der Waals surface area (Å²) in [4.78, 5) is 36.5. The summed E-state index contributed by atoms with van der Waals surface area (Å²) in [7, 11) is 0. The third-order valence-electron chi connectivity index (χ3n) is 10.5. The maximum atomic E-state index is 16.3. The second kappa shape index (κ2) is 12.4. The summed E-state index contributed by atoms with van der Waals surface area (Å²) >= 11 is 8.34. The minimum atomic E-state index is -1.20. The number of nitrogens with one attached hydrogen (secondary N) is 1. The molecule has 1 N–H and O–H groups in total. The van der Waals surface area contributed by atoms with E-state index in [-0.39, 0.29) is 47.2 Å². The lowest BCUT2D eigenvalue weighted by molar-refractivity contribution is -0.212. The molecule has 8 nitrogen and oxygen atoms in total. The van der Waals surface area contributed by atoms with Crippen LogP contribution in [0.4, 0.5) is 4.39 Å². The lowest BCUT2D eigenvalue weighted by Gasteiger charge is -2.61. The molecule has 230 valence electrons. The molecule has 11 heteroatoms. The van der Waals surface area contributed by atoms with Crippen molar-refractivity contribution in [3.63, 3.8) is 0 Å². The van der Waals surface area contributed by atoms with Crippen LogP contribution in [0.25, 0.3) is 0 Å². The molecule has 2 saturated carbocycles. The van der Waals surface area contributed by atoms with Crippen LogP contribution >= 0.6 is 22.9 Å². The molecule has 0 aromatic carbocycles. The van der Waals surface area contributed by atoms with Gasteiger partial charge in [-0.3, -0.25) is 19.4 Å². The minimum absolute atomic E-state index is 0.0196. The Morgan fingerprint density at radius 2 is 1.88 bits per heavy atom. The molecule has 5 fully saturated rings. The number of piperazine rings is 1. The standard InChI is InChI=1S/C31H43ClFN5O3S/c32-21-3-4-25-26(15-21)41-30-27-22(29(39)23(18-38(25)27)31(40)34-6-9-35-7-1-2-8-35)16-24(33)28(30)37-12-10-36(11-13-37)17-20-5-14-42-19-20/h5,14,18-19,21-22,24-28,30H,1-4,6-13,15-17H2,(H,34,40). The number of alkyl halides is 2. The molecule has 8 atom stereocenters. The van der Waals surface area contributed by atoms with Gasteiger partial charge >= 0.3 is 0 Å². The zero-order valence-electron chi connectivity index (χ0n) is 24.2. The summed E-state index contributed by atoms with van der Waals surface area (Å²) < 4.78 is 23.1. The Labute approximate surface area is 257 Å². The van der Waals surface area contributed by atoms with E-state index < -0.39 is 24.2 Å². The van der Waals surface area contributed by atoms with E-state index in [0.717, 1.165) is 65.2 Å². The summed E-state index contributed by atoms with van der Waals surface area (Å²) in [6, 6.07) is 1.54. The van der Waals surface area contributed by atoms with Gasteiger partial charge in [-0.15, -0.1) is 11.6 Å². The molecule has 4 aliphatic heterocycles. The van der Waals surface area contributed by atoms with Gasteiger partial charge in [0.1, 0.15) is 6.17 Å². The van der Waals surface area contributed by atoms with Gasteiger partial charge in [0.2, 0.25) is 0 Å².